The van der Waals surface area contributed by atoms with Gasteiger partial charge in [-0.15, -0.1) is 0 Å². The molecule has 0 amide bonds. The second kappa shape index (κ2) is 9.55. The molecule has 8 heteroatoms. The van der Waals surface area contributed by atoms with Gasteiger partial charge in [-0.05, 0) is 23.6 Å². The summed E-state index contributed by atoms with van der Waals surface area (Å²) in [6.45, 7) is 1.62. The Hall–Kier alpha value is -3.18. The fraction of sp³-hybridized carbons (Fsp3) is 0.318. The molecule has 0 aromatic heterocycles. The summed E-state index contributed by atoms with van der Waals surface area (Å²) in [6.07, 6.45) is -4.19. The van der Waals surface area contributed by atoms with E-state index in [1.807, 2.05) is 6.92 Å². The van der Waals surface area contributed by atoms with Gasteiger partial charge in [0.25, 0.3) is 0 Å². The molecule has 2 aromatic rings. The lowest BCUT2D eigenvalue weighted by Gasteiger charge is -2.25. The number of ketones is 1. The minimum Gasteiger partial charge on any atom is -0.461 e. The first-order valence-electron chi connectivity index (χ1n) is 9.10. The molecule has 1 unspecified atom stereocenters. The minimum absolute atomic E-state index is 0.00461. The van der Waals surface area contributed by atoms with Crippen LogP contribution in [0.3, 0.4) is 0 Å². The van der Waals surface area contributed by atoms with Gasteiger partial charge in [0, 0.05) is 12.7 Å². The standard InChI is InChI=1S/C22H20F3NO4/c1-3-15-8-10-16(11-9-15)21(14-26,20(28)30-13-12-29-2)19(27)17-6-4-5-7-18(17)22(23,24)25/h4-11H,3,12-13H2,1-2H3. The minimum atomic E-state index is -4.85. The third kappa shape index (κ3) is 4.52. The predicted molar refractivity (Wildman–Crippen MR) is 102 cm³/mol. The van der Waals surface area contributed by atoms with Crippen LogP contribution in [-0.2, 0) is 32.3 Å². The quantitative estimate of drug-likeness (QED) is 0.279. The van der Waals surface area contributed by atoms with Gasteiger partial charge in [0.15, 0.2) is 5.78 Å². The number of nitrogens with zero attached hydrogens (tertiary/aromatic N) is 1. The van der Waals surface area contributed by atoms with E-state index < -0.39 is 34.5 Å². The second-order valence-electron chi connectivity index (χ2n) is 6.41. The Morgan fingerprint density at radius 3 is 2.20 bits per heavy atom. The predicted octanol–water partition coefficient (Wildman–Crippen LogP) is 4.10. The molecule has 0 saturated heterocycles. The van der Waals surface area contributed by atoms with Gasteiger partial charge >= 0.3 is 12.1 Å². The van der Waals surface area contributed by atoms with E-state index in [9.17, 15) is 28.0 Å². The lowest BCUT2D eigenvalue weighted by Crippen LogP contribution is -2.45. The number of nitriles is 1. The van der Waals surface area contributed by atoms with Crippen LogP contribution < -0.4 is 0 Å². The van der Waals surface area contributed by atoms with Crippen molar-refractivity contribution in [2.45, 2.75) is 24.9 Å². The van der Waals surface area contributed by atoms with Crippen molar-refractivity contribution >= 4 is 11.8 Å². The summed E-state index contributed by atoms with van der Waals surface area (Å²) in [4.78, 5) is 26.2. The van der Waals surface area contributed by atoms with Crippen molar-refractivity contribution in [3.8, 4) is 6.07 Å². The third-order valence-corrected chi connectivity index (χ3v) is 4.61. The van der Waals surface area contributed by atoms with E-state index >= 15 is 0 Å². The number of alkyl halides is 3. The lowest BCUT2D eigenvalue weighted by molar-refractivity contribution is -0.148. The maximum atomic E-state index is 13.5. The van der Waals surface area contributed by atoms with Crippen molar-refractivity contribution < 1.29 is 32.2 Å². The summed E-state index contributed by atoms with van der Waals surface area (Å²) in [5.41, 5.74) is -3.81. The Balaban J connectivity index is 2.68. The normalized spacial score (nSPS) is 13.2. The number of methoxy groups -OCH3 is 1. The summed E-state index contributed by atoms with van der Waals surface area (Å²) in [5.74, 6) is -2.56. The van der Waals surface area contributed by atoms with E-state index in [2.05, 4.69) is 0 Å². The van der Waals surface area contributed by atoms with Gasteiger partial charge in [0.1, 0.15) is 6.61 Å². The van der Waals surface area contributed by atoms with Crippen molar-refractivity contribution in [1.82, 2.24) is 0 Å². The summed E-state index contributed by atoms with van der Waals surface area (Å²) in [7, 11) is 1.36. The Morgan fingerprint density at radius 2 is 1.67 bits per heavy atom. The maximum Gasteiger partial charge on any atom is 0.417 e. The van der Waals surface area contributed by atoms with Crippen molar-refractivity contribution in [3.63, 3.8) is 0 Å². The van der Waals surface area contributed by atoms with Crippen LogP contribution in [0.5, 0.6) is 0 Å². The summed E-state index contributed by atoms with van der Waals surface area (Å²) >= 11 is 0. The smallest absolute Gasteiger partial charge is 0.417 e. The van der Waals surface area contributed by atoms with E-state index in [1.54, 1.807) is 18.2 Å². The van der Waals surface area contributed by atoms with Crippen LogP contribution in [0, 0.1) is 11.3 Å². The lowest BCUT2D eigenvalue weighted by atomic mass is 9.74. The largest absolute Gasteiger partial charge is 0.461 e. The topological polar surface area (TPSA) is 76.4 Å². The SMILES string of the molecule is CCc1ccc(C(C#N)(C(=O)OCCOC)C(=O)c2ccccc2C(F)(F)F)cc1. The molecule has 0 aliphatic rings. The zero-order valence-corrected chi connectivity index (χ0v) is 16.5. The molecule has 0 bridgehead atoms. The summed E-state index contributed by atoms with van der Waals surface area (Å²) in [6, 6.07) is 11.6. The monoisotopic (exact) mass is 419 g/mol. The molecule has 0 heterocycles. The molecule has 0 aliphatic heterocycles. The molecular weight excluding hydrogens is 399 g/mol. The Labute approximate surface area is 172 Å². The fourth-order valence-corrected chi connectivity index (χ4v) is 2.95. The van der Waals surface area contributed by atoms with Gasteiger partial charge < -0.3 is 9.47 Å². The molecule has 2 aromatic carbocycles. The van der Waals surface area contributed by atoms with Crippen LogP contribution in [0.1, 0.15) is 34.0 Å². The number of benzene rings is 2. The molecule has 5 nitrogen and oxygen atoms in total. The van der Waals surface area contributed by atoms with E-state index in [1.165, 1.54) is 25.3 Å². The molecule has 0 saturated carbocycles. The molecular formula is C22H20F3NO4. The van der Waals surface area contributed by atoms with E-state index in [0.717, 1.165) is 23.8 Å². The number of rotatable bonds is 8. The number of halogens is 3. The first kappa shape index (κ1) is 23.1. The highest BCUT2D eigenvalue weighted by Crippen LogP contribution is 2.37. The molecule has 0 N–H and O–H groups in total. The van der Waals surface area contributed by atoms with Crippen molar-refractivity contribution in [2.75, 3.05) is 20.3 Å². The number of esters is 1. The molecule has 0 spiro atoms. The molecule has 30 heavy (non-hydrogen) atoms. The third-order valence-electron chi connectivity index (χ3n) is 4.61. The van der Waals surface area contributed by atoms with Gasteiger partial charge in [-0.3, -0.25) is 4.79 Å². The fourth-order valence-electron chi connectivity index (χ4n) is 2.95. The average Bonchev–Trinajstić information content (AvgIpc) is 2.74. The van der Waals surface area contributed by atoms with Crippen LogP contribution in [0.25, 0.3) is 0 Å². The van der Waals surface area contributed by atoms with Crippen molar-refractivity contribution in [3.05, 3.63) is 70.8 Å². The van der Waals surface area contributed by atoms with E-state index in [4.69, 9.17) is 9.47 Å². The van der Waals surface area contributed by atoms with Gasteiger partial charge in [0.05, 0.1) is 18.2 Å². The van der Waals surface area contributed by atoms with Crippen molar-refractivity contribution in [2.24, 2.45) is 0 Å². The first-order valence-corrected chi connectivity index (χ1v) is 9.10. The Bertz CT molecular complexity index is 948. The first-order chi connectivity index (χ1) is 14.2. The highest BCUT2D eigenvalue weighted by molar-refractivity contribution is 6.20. The number of carbonyl (C=O) groups is 2. The number of Topliss-reactive ketones (excluding diaryl/α,β-unsaturated/α-hetero) is 1. The zero-order chi connectivity index (χ0) is 22.4. The summed E-state index contributed by atoms with van der Waals surface area (Å²) in [5, 5.41) is 9.92. The molecule has 0 fully saturated rings. The number of hydrogen-bond donors (Lipinski definition) is 0. The van der Waals surface area contributed by atoms with Crippen LogP contribution in [0.15, 0.2) is 48.5 Å². The number of ether oxygens (including phenoxy) is 2. The second-order valence-corrected chi connectivity index (χ2v) is 6.41. The highest BCUT2D eigenvalue weighted by atomic mass is 19.4. The Morgan fingerprint density at radius 1 is 1.03 bits per heavy atom. The molecule has 158 valence electrons. The van der Waals surface area contributed by atoms with Gasteiger partial charge in [-0.25, -0.2) is 4.79 Å². The summed E-state index contributed by atoms with van der Waals surface area (Å²) < 4.78 is 50.3. The van der Waals surface area contributed by atoms with Crippen LogP contribution in [0.2, 0.25) is 0 Å². The van der Waals surface area contributed by atoms with Crippen molar-refractivity contribution in [1.29, 1.82) is 5.26 Å². The highest BCUT2D eigenvalue weighted by Gasteiger charge is 2.52. The van der Waals surface area contributed by atoms with Crippen LogP contribution in [0.4, 0.5) is 13.2 Å². The van der Waals surface area contributed by atoms with E-state index in [-0.39, 0.29) is 18.8 Å². The number of aryl methyl sites for hydroxylation is 1. The zero-order valence-electron chi connectivity index (χ0n) is 16.5. The molecule has 1 atom stereocenters. The number of carbonyl (C=O) groups excluding carboxylic acids is 2. The van der Waals surface area contributed by atoms with Gasteiger partial charge in [-0.2, -0.15) is 18.4 Å². The molecule has 2 rings (SSSR count). The van der Waals surface area contributed by atoms with Crippen LogP contribution >= 0.6 is 0 Å². The number of hydrogen-bond acceptors (Lipinski definition) is 5. The molecule has 0 aliphatic carbocycles. The average molecular weight is 419 g/mol. The van der Waals surface area contributed by atoms with Gasteiger partial charge in [-0.1, -0.05) is 49.4 Å². The van der Waals surface area contributed by atoms with Gasteiger partial charge in [0.2, 0.25) is 5.41 Å². The van der Waals surface area contributed by atoms with E-state index in [0.29, 0.717) is 6.42 Å². The molecule has 0 radical (unpaired) electrons. The maximum absolute atomic E-state index is 13.5. The van der Waals surface area contributed by atoms with Crippen LogP contribution in [-0.4, -0.2) is 32.1 Å². The Kier molecular flexibility index (Phi) is 7.35.